The number of hydrogen-bond donors (Lipinski definition) is 1. The van der Waals surface area contributed by atoms with Crippen molar-refractivity contribution in [3.8, 4) is 0 Å². The Labute approximate surface area is 156 Å². The van der Waals surface area contributed by atoms with E-state index in [1.807, 2.05) is 12.1 Å². The van der Waals surface area contributed by atoms with Crippen LogP contribution in [0.25, 0.3) is 10.8 Å². The number of rotatable bonds is 2. The lowest BCUT2D eigenvalue weighted by Crippen LogP contribution is -2.51. The molecule has 3 aromatic carbocycles. The molecule has 122 valence electrons. The van der Waals surface area contributed by atoms with Gasteiger partial charge in [0, 0.05) is 14.5 Å². The molecular weight excluding hydrogens is 431 g/mol. The summed E-state index contributed by atoms with van der Waals surface area (Å²) in [6.07, 6.45) is 0. The Kier molecular flexibility index (Phi) is 3.76. The van der Waals surface area contributed by atoms with Crippen molar-refractivity contribution < 1.29 is 14.4 Å². The van der Waals surface area contributed by atoms with Gasteiger partial charge in [-0.1, -0.05) is 24.3 Å². The van der Waals surface area contributed by atoms with E-state index in [9.17, 15) is 14.4 Å². The number of halogens is 1. The van der Waals surface area contributed by atoms with E-state index in [2.05, 4.69) is 28.0 Å². The van der Waals surface area contributed by atoms with Gasteiger partial charge in [-0.15, -0.1) is 0 Å². The van der Waals surface area contributed by atoms with E-state index in [0.717, 1.165) is 14.0 Å². The molecule has 1 N–H and O–H groups in total. The van der Waals surface area contributed by atoms with Crippen LogP contribution < -0.4 is 5.43 Å². The summed E-state index contributed by atoms with van der Waals surface area (Å²) < 4.78 is 0.986. The summed E-state index contributed by atoms with van der Waals surface area (Å²) in [6.45, 7) is 0. The third-order valence-electron chi connectivity index (χ3n) is 4.09. The summed E-state index contributed by atoms with van der Waals surface area (Å²) in [5.41, 5.74) is 3.60. The van der Waals surface area contributed by atoms with Gasteiger partial charge in [-0.2, -0.15) is 5.01 Å². The van der Waals surface area contributed by atoms with Gasteiger partial charge in [0.25, 0.3) is 17.7 Å². The van der Waals surface area contributed by atoms with Crippen molar-refractivity contribution in [3.63, 3.8) is 0 Å². The zero-order valence-electron chi connectivity index (χ0n) is 12.8. The maximum absolute atomic E-state index is 12.7. The molecule has 0 aliphatic carbocycles. The molecule has 0 bridgehead atoms. The van der Waals surface area contributed by atoms with Crippen molar-refractivity contribution in [2.45, 2.75) is 0 Å². The van der Waals surface area contributed by atoms with Gasteiger partial charge in [-0.3, -0.25) is 19.8 Å². The molecule has 0 atom stereocenters. The number of nitrogens with zero attached hydrogens (tertiary/aromatic N) is 1. The summed E-state index contributed by atoms with van der Waals surface area (Å²) in [7, 11) is 0. The molecule has 0 aromatic heterocycles. The van der Waals surface area contributed by atoms with Crippen LogP contribution in [0.2, 0.25) is 0 Å². The van der Waals surface area contributed by atoms with Gasteiger partial charge >= 0.3 is 0 Å². The number of hydrogen-bond acceptors (Lipinski definition) is 3. The number of carbonyl (C=O) groups excluding carboxylic acids is 3. The second kappa shape index (κ2) is 5.96. The van der Waals surface area contributed by atoms with Crippen molar-refractivity contribution in [1.29, 1.82) is 0 Å². The first kappa shape index (κ1) is 15.8. The van der Waals surface area contributed by atoms with Crippen LogP contribution >= 0.6 is 22.6 Å². The number of benzene rings is 3. The molecule has 1 aliphatic heterocycles. The van der Waals surface area contributed by atoms with Gasteiger partial charge in [-0.25, -0.2) is 0 Å². The number of nitrogens with one attached hydrogen (secondary N) is 1. The first-order chi connectivity index (χ1) is 12.1. The van der Waals surface area contributed by atoms with Crippen molar-refractivity contribution in [2.24, 2.45) is 0 Å². The lowest BCUT2D eigenvalue weighted by atomic mass is 9.95. The van der Waals surface area contributed by atoms with Gasteiger partial charge in [0.2, 0.25) is 0 Å². The summed E-state index contributed by atoms with van der Waals surface area (Å²) in [5.74, 6) is -1.58. The van der Waals surface area contributed by atoms with Gasteiger partial charge in [-0.05, 0) is 64.4 Å². The van der Waals surface area contributed by atoms with Crippen LogP contribution in [0.5, 0.6) is 0 Å². The molecule has 0 fully saturated rings. The van der Waals surface area contributed by atoms with Gasteiger partial charge in [0.15, 0.2) is 0 Å². The predicted molar refractivity (Wildman–Crippen MR) is 101 cm³/mol. The molecule has 0 spiro atoms. The predicted octanol–water partition coefficient (Wildman–Crippen LogP) is 3.39. The highest BCUT2D eigenvalue weighted by Gasteiger charge is 2.34. The topological polar surface area (TPSA) is 66.5 Å². The van der Waals surface area contributed by atoms with Crippen LogP contribution in [0.15, 0.2) is 60.7 Å². The molecule has 1 aliphatic rings. The molecule has 0 saturated heterocycles. The van der Waals surface area contributed by atoms with Crippen molar-refractivity contribution >= 4 is 51.1 Å². The van der Waals surface area contributed by atoms with E-state index in [1.165, 1.54) is 0 Å². The van der Waals surface area contributed by atoms with E-state index < -0.39 is 17.7 Å². The largest absolute Gasteiger partial charge is 0.280 e. The zero-order valence-corrected chi connectivity index (χ0v) is 15.0. The third-order valence-corrected chi connectivity index (χ3v) is 4.81. The molecule has 25 heavy (non-hydrogen) atoms. The summed E-state index contributed by atoms with van der Waals surface area (Å²) in [6, 6.07) is 17.4. The van der Waals surface area contributed by atoms with Gasteiger partial charge in [0.05, 0.1) is 11.1 Å². The normalized spacial score (nSPS) is 13.2. The molecule has 6 heteroatoms. The molecule has 5 nitrogen and oxygen atoms in total. The molecular formula is C19H11IN2O3. The lowest BCUT2D eigenvalue weighted by Gasteiger charge is -2.27. The minimum atomic E-state index is -0.534. The number of amides is 3. The molecule has 3 amide bonds. The second-order valence-corrected chi connectivity index (χ2v) is 6.85. The Morgan fingerprint density at radius 3 is 1.96 bits per heavy atom. The van der Waals surface area contributed by atoms with Gasteiger partial charge < -0.3 is 0 Å². The Hall–Kier alpha value is -2.74. The molecule has 3 aromatic rings. The van der Waals surface area contributed by atoms with E-state index in [1.54, 1.807) is 48.5 Å². The minimum absolute atomic E-state index is 0.373. The molecule has 0 unspecified atom stereocenters. The first-order valence-electron chi connectivity index (χ1n) is 7.53. The van der Waals surface area contributed by atoms with Crippen LogP contribution in [0.1, 0.15) is 31.1 Å². The molecule has 4 rings (SSSR count). The summed E-state index contributed by atoms with van der Waals surface area (Å²) >= 11 is 2.13. The van der Waals surface area contributed by atoms with E-state index in [4.69, 9.17) is 0 Å². The fourth-order valence-electron chi connectivity index (χ4n) is 2.90. The average molecular weight is 442 g/mol. The Balaban J connectivity index is 1.73. The molecule has 0 saturated carbocycles. The maximum atomic E-state index is 12.7. The Morgan fingerprint density at radius 2 is 1.40 bits per heavy atom. The minimum Gasteiger partial charge on any atom is -0.267 e. The fraction of sp³-hybridized carbons (Fsp3) is 0. The fourth-order valence-corrected chi connectivity index (χ4v) is 3.26. The number of carbonyl (C=O) groups is 3. The van der Waals surface area contributed by atoms with E-state index in [0.29, 0.717) is 22.1 Å². The maximum Gasteiger partial charge on any atom is 0.280 e. The van der Waals surface area contributed by atoms with Crippen LogP contribution in [-0.4, -0.2) is 22.7 Å². The zero-order chi connectivity index (χ0) is 17.6. The summed E-state index contributed by atoms with van der Waals surface area (Å²) in [4.78, 5) is 37.9. The van der Waals surface area contributed by atoms with Crippen molar-refractivity contribution in [1.82, 2.24) is 10.4 Å². The Bertz CT molecular complexity index is 993. The average Bonchev–Trinajstić information content (AvgIpc) is 2.63. The van der Waals surface area contributed by atoms with E-state index in [-0.39, 0.29) is 0 Å². The highest BCUT2D eigenvalue weighted by molar-refractivity contribution is 14.1. The van der Waals surface area contributed by atoms with Crippen LogP contribution in [0, 0.1) is 3.57 Å². The highest BCUT2D eigenvalue weighted by atomic mass is 127. The monoisotopic (exact) mass is 442 g/mol. The van der Waals surface area contributed by atoms with Crippen LogP contribution in [0.4, 0.5) is 0 Å². The SMILES string of the molecule is O=C(NN1C(=O)c2cccc3cccc(c23)C1=O)c1ccc(I)cc1. The number of imide groups is 1. The Morgan fingerprint density at radius 1 is 0.840 bits per heavy atom. The standard InChI is InChI=1S/C19H11IN2O3/c20-13-9-7-12(8-10-13)17(23)21-22-18(24)14-5-1-3-11-4-2-6-15(16(11)14)19(22)25/h1-10H,(H,21,23). The molecule has 1 heterocycles. The first-order valence-corrected chi connectivity index (χ1v) is 8.61. The lowest BCUT2D eigenvalue weighted by molar-refractivity contribution is 0.0479. The van der Waals surface area contributed by atoms with Crippen LogP contribution in [0.3, 0.4) is 0 Å². The van der Waals surface area contributed by atoms with Gasteiger partial charge in [0.1, 0.15) is 0 Å². The third kappa shape index (κ3) is 2.58. The van der Waals surface area contributed by atoms with Crippen molar-refractivity contribution in [3.05, 3.63) is 80.9 Å². The van der Waals surface area contributed by atoms with E-state index >= 15 is 0 Å². The quantitative estimate of drug-likeness (QED) is 0.489. The van der Waals surface area contributed by atoms with Crippen LogP contribution in [-0.2, 0) is 0 Å². The second-order valence-electron chi connectivity index (χ2n) is 5.60. The summed E-state index contributed by atoms with van der Waals surface area (Å²) in [5, 5.41) is 2.23. The molecule has 0 radical (unpaired) electrons. The van der Waals surface area contributed by atoms with Crippen molar-refractivity contribution in [2.75, 3.05) is 0 Å². The number of hydrazine groups is 1. The highest BCUT2D eigenvalue weighted by Crippen LogP contribution is 2.29. The smallest absolute Gasteiger partial charge is 0.267 e.